The largest absolute Gasteiger partial charge is 0.476 e. The molecule has 0 unspecified atom stereocenters. The summed E-state index contributed by atoms with van der Waals surface area (Å²) in [5.74, 6) is 0.805. The van der Waals surface area contributed by atoms with E-state index in [4.69, 9.17) is 4.74 Å². The Labute approximate surface area is 155 Å². The molecule has 1 rings (SSSR count). The highest BCUT2D eigenvalue weighted by Gasteiger charge is 2.11. The highest BCUT2D eigenvalue weighted by Crippen LogP contribution is 2.14. The summed E-state index contributed by atoms with van der Waals surface area (Å²) >= 11 is 0. The summed E-state index contributed by atoms with van der Waals surface area (Å²) < 4.78 is 5.53. The van der Waals surface area contributed by atoms with Crippen molar-refractivity contribution in [2.45, 2.75) is 86.1 Å². The van der Waals surface area contributed by atoms with Gasteiger partial charge in [-0.2, -0.15) is 0 Å². The molecular formula is C23H37NO. The van der Waals surface area contributed by atoms with Crippen LogP contribution >= 0.6 is 0 Å². The maximum absolute atomic E-state index is 5.53. The van der Waals surface area contributed by atoms with Crippen molar-refractivity contribution in [3.05, 3.63) is 46.6 Å². The SMILES string of the molecule is CC(C)=CCCC(C)=CCCC(C)=CCCC(C)=CC1=N[C@@H](C)CO1. The van der Waals surface area contributed by atoms with Crippen LogP contribution in [-0.2, 0) is 4.74 Å². The van der Waals surface area contributed by atoms with Crippen molar-refractivity contribution >= 4 is 5.90 Å². The molecule has 0 aliphatic carbocycles. The predicted molar refractivity (Wildman–Crippen MR) is 111 cm³/mol. The predicted octanol–water partition coefficient (Wildman–Crippen LogP) is 6.95. The van der Waals surface area contributed by atoms with E-state index in [0.717, 1.165) is 38.2 Å². The summed E-state index contributed by atoms with van der Waals surface area (Å²) in [5, 5.41) is 0. The molecule has 0 N–H and O–H groups in total. The zero-order chi connectivity index (χ0) is 18.7. The van der Waals surface area contributed by atoms with Gasteiger partial charge in [0.1, 0.15) is 6.61 Å². The Morgan fingerprint density at radius 1 is 0.880 bits per heavy atom. The van der Waals surface area contributed by atoms with Crippen LogP contribution in [0.3, 0.4) is 0 Å². The second-order valence-corrected chi connectivity index (χ2v) is 7.62. The van der Waals surface area contributed by atoms with Crippen LogP contribution in [0.2, 0.25) is 0 Å². The van der Waals surface area contributed by atoms with Gasteiger partial charge in [0.15, 0.2) is 0 Å². The molecule has 0 saturated heterocycles. The Morgan fingerprint density at radius 3 is 1.88 bits per heavy atom. The van der Waals surface area contributed by atoms with Crippen molar-refractivity contribution in [3.8, 4) is 0 Å². The average Bonchev–Trinajstić information content (AvgIpc) is 2.91. The fourth-order valence-electron chi connectivity index (χ4n) is 2.74. The Kier molecular flexibility index (Phi) is 10.2. The van der Waals surface area contributed by atoms with Crippen molar-refractivity contribution in [1.29, 1.82) is 0 Å². The van der Waals surface area contributed by atoms with Gasteiger partial charge in [0.25, 0.3) is 0 Å². The molecule has 0 saturated carbocycles. The van der Waals surface area contributed by atoms with Gasteiger partial charge >= 0.3 is 0 Å². The normalized spacial score (nSPS) is 18.9. The van der Waals surface area contributed by atoms with Crippen LogP contribution in [0.25, 0.3) is 0 Å². The molecule has 0 spiro atoms. The summed E-state index contributed by atoms with van der Waals surface area (Å²) in [7, 11) is 0. The Morgan fingerprint density at radius 2 is 1.40 bits per heavy atom. The monoisotopic (exact) mass is 343 g/mol. The zero-order valence-corrected chi connectivity index (χ0v) is 17.2. The third-order valence-corrected chi connectivity index (χ3v) is 4.34. The van der Waals surface area contributed by atoms with E-state index in [1.165, 1.54) is 35.1 Å². The second kappa shape index (κ2) is 11.9. The van der Waals surface area contributed by atoms with Gasteiger partial charge in [-0.1, -0.05) is 40.5 Å². The van der Waals surface area contributed by atoms with Crippen LogP contribution in [0.5, 0.6) is 0 Å². The van der Waals surface area contributed by atoms with Gasteiger partial charge in [0.2, 0.25) is 5.90 Å². The quantitative estimate of drug-likeness (QED) is 0.393. The molecule has 0 radical (unpaired) electrons. The number of hydrogen-bond donors (Lipinski definition) is 0. The first-order valence-electron chi connectivity index (χ1n) is 9.69. The van der Waals surface area contributed by atoms with E-state index in [-0.39, 0.29) is 0 Å². The van der Waals surface area contributed by atoms with Crippen molar-refractivity contribution in [3.63, 3.8) is 0 Å². The molecule has 2 nitrogen and oxygen atoms in total. The number of aliphatic imine (C=N–C) groups is 1. The molecule has 0 bridgehead atoms. The van der Waals surface area contributed by atoms with Crippen LogP contribution < -0.4 is 0 Å². The van der Waals surface area contributed by atoms with E-state index in [1.54, 1.807) is 0 Å². The molecule has 1 heterocycles. The van der Waals surface area contributed by atoms with E-state index in [9.17, 15) is 0 Å². The topological polar surface area (TPSA) is 21.6 Å². The minimum atomic E-state index is 0.305. The fourth-order valence-corrected chi connectivity index (χ4v) is 2.74. The van der Waals surface area contributed by atoms with Crippen LogP contribution in [0.1, 0.15) is 80.1 Å². The number of rotatable bonds is 10. The zero-order valence-electron chi connectivity index (χ0n) is 17.2. The summed E-state index contributed by atoms with van der Waals surface area (Å²) in [6.45, 7) is 13.8. The van der Waals surface area contributed by atoms with E-state index in [0.29, 0.717) is 6.04 Å². The third-order valence-electron chi connectivity index (χ3n) is 4.34. The van der Waals surface area contributed by atoms with Crippen LogP contribution in [0.15, 0.2) is 51.6 Å². The lowest BCUT2D eigenvalue weighted by molar-refractivity contribution is 0.325. The fraction of sp³-hybridized carbons (Fsp3) is 0.609. The maximum atomic E-state index is 5.53. The Bertz CT molecular complexity index is 557. The third kappa shape index (κ3) is 10.8. The van der Waals surface area contributed by atoms with E-state index in [1.807, 2.05) is 0 Å². The highest BCUT2D eigenvalue weighted by atomic mass is 16.5. The molecule has 140 valence electrons. The molecule has 0 aromatic rings. The lowest BCUT2D eigenvalue weighted by Gasteiger charge is -2.03. The Balaban J connectivity index is 2.26. The standard InChI is InChI=1S/C23H37NO/c1-18(2)10-7-11-19(3)12-8-13-20(4)14-9-15-21(5)16-23-24-22(6)17-25-23/h10,12,14,16,22H,7-9,11,13,15,17H2,1-6H3/t22-/m0/s1. The first-order chi connectivity index (χ1) is 11.9. The first-order valence-corrected chi connectivity index (χ1v) is 9.69. The number of hydrogen-bond acceptors (Lipinski definition) is 2. The molecule has 25 heavy (non-hydrogen) atoms. The van der Waals surface area contributed by atoms with Crippen molar-refractivity contribution in [2.24, 2.45) is 4.99 Å². The number of nitrogens with zero attached hydrogens (tertiary/aromatic N) is 1. The van der Waals surface area contributed by atoms with Crippen LogP contribution in [0, 0.1) is 0 Å². The molecule has 0 aromatic heterocycles. The molecule has 2 heteroatoms. The average molecular weight is 344 g/mol. The summed E-state index contributed by atoms with van der Waals surface area (Å²) in [4.78, 5) is 4.45. The summed E-state index contributed by atoms with van der Waals surface area (Å²) in [5.41, 5.74) is 5.75. The molecule has 0 aromatic carbocycles. The molecule has 0 amide bonds. The van der Waals surface area contributed by atoms with Gasteiger partial charge < -0.3 is 4.74 Å². The van der Waals surface area contributed by atoms with Crippen molar-refractivity contribution in [2.75, 3.05) is 6.61 Å². The van der Waals surface area contributed by atoms with E-state index in [2.05, 4.69) is 70.8 Å². The second-order valence-electron chi connectivity index (χ2n) is 7.62. The van der Waals surface area contributed by atoms with Gasteiger partial charge in [-0.3, -0.25) is 0 Å². The lowest BCUT2D eigenvalue weighted by atomic mass is 10.0. The minimum absolute atomic E-state index is 0.305. The molecular weight excluding hydrogens is 306 g/mol. The van der Waals surface area contributed by atoms with Gasteiger partial charge in [-0.15, -0.1) is 0 Å². The summed E-state index contributed by atoms with van der Waals surface area (Å²) in [6, 6.07) is 0.305. The number of allylic oxidation sites excluding steroid dienone is 7. The van der Waals surface area contributed by atoms with Crippen LogP contribution in [-0.4, -0.2) is 18.5 Å². The van der Waals surface area contributed by atoms with Crippen molar-refractivity contribution in [1.82, 2.24) is 0 Å². The molecule has 0 fully saturated rings. The maximum Gasteiger partial charge on any atom is 0.208 e. The van der Waals surface area contributed by atoms with Crippen molar-refractivity contribution < 1.29 is 4.74 Å². The van der Waals surface area contributed by atoms with Gasteiger partial charge in [0.05, 0.1) is 6.04 Å². The van der Waals surface area contributed by atoms with E-state index < -0.39 is 0 Å². The molecule has 1 aliphatic rings. The lowest BCUT2D eigenvalue weighted by Crippen LogP contribution is -1.99. The van der Waals surface area contributed by atoms with Gasteiger partial charge in [-0.05, 0) is 86.1 Å². The van der Waals surface area contributed by atoms with Gasteiger partial charge in [0, 0.05) is 0 Å². The number of ether oxygens (including phenoxy) is 1. The van der Waals surface area contributed by atoms with E-state index >= 15 is 0 Å². The smallest absolute Gasteiger partial charge is 0.208 e. The minimum Gasteiger partial charge on any atom is -0.476 e. The summed E-state index contributed by atoms with van der Waals surface area (Å²) in [6.07, 6.45) is 16.0. The van der Waals surface area contributed by atoms with Gasteiger partial charge in [-0.25, -0.2) is 4.99 Å². The highest BCUT2D eigenvalue weighted by molar-refractivity contribution is 5.89. The Hall–Kier alpha value is -1.57. The van der Waals surface area contributed by atoms with Crippen LogP contribution in [0.4, 0.5) is 0 Å². The first kappa shape index (κ1) is 21.5. The molecule has 1 aliphatic heterocycles. The molecule has 1 atom stereocenters.